The number of carboxylic acids is 1. The quantitative estimate of drug-likeness (QED) is 0.599. The van der Waals surface area contributed by atoms with Gasteiger partial charge in [-0.2, -0.15) is 0 Å². The summed E-state index contributed by atoms with van der Waals surface area (Å²) in [6, 6.07) is 12.1. The van der Waals surface area contributed by atoms with Crippen molar-refractivity contribution in [3.05, 3.63) is 75.6 Å². The van der Waals surface area contributed by atoms with E-state index in [4.69, 9.17) is 21.4 Å². The van der Waals surface area contributed by atoms with Crippen LogP contribution >= 0.6 is 11.6 Å². The van der Waals surface area contributed by atoms with Crippen molar-refractivity contribution in [1.82, 2.24) is 0 Å². The van der Waals surface area contributed by atoms with Gasteiger partial charge in [0.05, 0.1) is 0 Å². The number of ether oxygens (including phenoxy) is 1. The fourth-order valence-corrected chi connectivity index (χ4v) is 3.65. The Balaban J connectivity index is 1.62. The first-order valence-corrected chi connectivity index (χ1v) is 9.46. The van der Waals surface area contributed by atoms with E-state index >= 15 is 0 Å². The van der Waals surface area contributed by atoms with Crippen LogP contribution in [-0.4, -0.2) is 17.7 Å². The average molecular weight is 389 g/mol. The normalized spacial score (nSPS) is 13.9. The second-order valence-electron chi connectivity index (χ2n) is 6.80. The molecule has 0 spiro atoms. The van der Waals surface area contributed by atoms with Gasteiger partial charge in [-0.25, -0.2) is 4.39 Å². The lowest BCUT2D eigenvalue weighted by Crippen LogP contribution is -2.03. The second kappa shape index (κ2) is 9.05. The van der Waals surface area contributed by atoms with Crippen molar-refractivity contribution in [1.29, 1.82) is 0 Å². The highest BCUT2D eigenvalue weighted by Gasteiger charge is 2.16. The summed E-state index contributed by atoms with van der Waals surface area (Å²) in [5.74, 6) is -0.379. The lowest BCUT2D eigenvalue weighted by atomic mass is 10.0. The predicted octanol–water partition coefficient (Wildman–Crippen LogP) is 5.60. The molecule has 1 N–H and O–H groups in total. The number of aryl methyl sites for hydroxylation is 1. The Morgan fingerprint density at radius 3 is 2.70 bits per heavy atom. The third-order valence-electron chi connectivity index (χ3n) is 4.81. The number of allylic oxidation sites excluding steroid dienone is 1. The van der Waals surface area contributed by atoms with Crippen molar-refractivity contribution in [2.45, 2.75) is 38.5 Å². The summed E-state index contributed by atoms with van der Waals surface area (Å²) < 4.78 is 19.3. The molecule has 3 nitrogen and oxygen atoms in total. The Bertz CT molecular complexity index is 860. The number of hydrogen-bond donors (Lipinski definition) is 1. The topological polar surface area (TPSA) is 46.5 Å². The number of hydrogen-bond acceptors (Lipinski definition) is 2. The molecule has 2 aromatic carbocycles. The molecule has 0 atom stereocenters. The highest BCUT2D eigenvalue weighted by molar-refractivity contribution is 6.31. The number of aliphatic carboxylic acids is 1. The number of benzene rings is 2. The van der Waals surface area contributed by atoms with Gasteiger partial charge in [-0.05, 0) is 73.1 Å². The van der Waals surface area contributed by atoms with Crippen LogP contribution in [0.25, 0.3) is 0 Å². The van der Waals surface area contributed by atoms with Gasteiger partial charge in [0.15, 0.2) is 0 Å². The van der Waals surface area contributed by atoms with E-state index in [1.54, 1.807) is 18.2 Å². The molecule has 0 unspecified atom stereocenters. The van der Waals surface area contributed by atoms with Crippen LogP contribution in [0.4, 0.5) is 4.39 Å². The van der Waals surface area contributed by atoms with E-state index in [0.717, 1.165) is 36.8 Å². The summed E-state index contributed by atoms with van der Waals surface area (Å²) in [5, 5.41) is 9.30. The minimum absolute atomic E-state index is 0.0518. The van der Waals surface area contributed by atoms with Gasteiger partial charge in [-0.15, -0.1) is 0 Å². The SMILES string of the molecule is O=C(O)CCc1ccc(OCC2=C(Cc3cccc(F)c3)CCC2)cc1Cl. The summed E-state index contributed by atoms with van der Waals surface area (Å²) in [7, 11) is 0. The van der Waals surface area contributed by atoms with Crippen LogP contribution in [0, 0.1) is 5.82 Å². The summed E-state index contributed by atoms with van der Waals surface area (Å²) in [4.78, 5) is 10.7. The van der Waals surface area contributed by atoms with E-state index < -0.39 is 5.97 Å². The molecule has 0 amide bonds. The molecule has 0 radical (unpaired) electrons. The molecule has 0 aromatic heterocycles. The first kappa shape index (κ1) is 19.4. The van der Waals surface area contributed by atoms with Crippen molar-refractivity contribution in [2.75, 3.05) is 6.61 Å². The van der Waals surface area contributed by atoms with Gasteiger partial charge in [0.2, 0.25) is 0 Å². The molecule has 142 valence electrons. The van der Waals surface area contributed by atoms with Crippen molar-refractivity contribution >= 4 is 17.6 Å². The Hall–Kier alpha value is -2.33. The minimum atomic E-state index is -0.842. The highest BCUT2D eigenvalue weighted by Crippen LogP contribution is 2.30. The van der Waals surface area contributed by atoms with E-state index in [9.17, 15) is 9.18 Å². The summed E-state index contributed by atoms with van der Waals surface area (Å²) in [6.45, 7) is 0.495. The lowest BCUT2D eigenvalue weighted by molar-refractivity contribution is -0.136. The summed E-state index contributed by atoms with van der Waals surface area (Å²) in [6.07, 6.45) is 4.32. The van der Waals surface area contributed by atoms with E-state index in [2.05, 4.69) is 0 Å². The average Bonchev–Trinajstić information content (AvgIpc) is 3.06. The lowest BCUT2D eigenvalue weighted by Gasteiger charge is -2.12. The molecule has 5 heteroatoms. The summed E-state index contributed by atoms with van der Waals surface area (Å²) >= 11 is 6.24. The fourth-order valence-electron chi connectivity index (χ4n) is 3.38. The van der Waals surface area contributed by atoms with E-state index in [-0.39, 0.29) is 12.2 Å². The van der Waals surface area contributed by atoms with E-state index in [1.807, 2.05) is 18.2 Å². The Morgan fingerprint density at radius 2 is 1.96 bits per heavy atom. The van der Waals surface area contributed by atoms with E-state index in [0.29, 0.717) is 23.8 Å². The van der Waals surface area contributed by atoms with Gasteiger partial charge in [0.1, 0.15) is 18.2 Å². The molecule has 27 heavy (non-hydrogen) atoms. The van der Waals surface area contributed by atoms with Crippen LogP contribution in [0.1, 0.15) is 36.8 Å². The van der Waals surface area contributed by atoms with Crippen LogP contribution in [0.15, 0.2) is 53.6 Å². The molecule has 0 bridgehead atoms. The third kappa shape index (κ3) is 5.57. The molecular weight excluding hydrogens is 367 g/mol. The van der Waals surface area contributed by atoms with Gasteiger partial charge >= 0.3 is 5.97 Å². The maximum Gasteiger partial charge on any atom is 0.303 e. The van der Waals surface area contributed by atoms with Gasteiger partial charge < -0.3 is 9.84 Å². The zero-order valence-corrected chi connectivity index (χ0v) is 15.8. The molecule has 1 aliphatic rings. The largest absolute Gasteiger partial charge is 0.489 e. The van der Waals surface area contributed by atoms with Gasteiger partial charge in [0, 0.05) is 11.4 Å². The second-order valence-corrected chi connectivity index (χ2v) is 7.21. The van der Waals surface area contributed by atoms with Gasteiger partial charge in [0.25, 0.3) is 0 Å². The molecule has 0 saturated heterocycles. The number of rotatable bonds is 8. The number of carbonyl (C=O) groups is 1. The zero-order valence-electron chi connectivity index (χ0n) is 15.0. The van der Waals surface area contributed by atoms with Crippen molar-refractivity contribution < 1.29 is 19.0 Å². The standard InChI is InChI=1S/C22H22ClFO3/c23-21-13-20(9-7-16(21)8-10-22(25)26)27-14-18-5-2-4-17(18)11-15-3-1-6-19(24)12-15/h1,3,6-7,9,12-13H,2,4-5,8,10-11,14H2,(H,25,26). The van der Waals surface area contributed by atoms with E-state index in [1.165, 1.54) is 17.2 Å². The molecule has 0 saturated carbocycles. The Kier molecular flexibility index (Phi) is 6.51. The Morgan fingerprint density at radius 1 is 1.15 bits per heavy atom. The maximum atomic E-state index is 13.4. The van der Waals surface area contributed by atoms with Crippen molar-refractivity contribution in [3.8, 4) is 5.75 Å². The molecule has 0 heterocycles. The van der Waals surface area contributed by atoms with Gasteiger partial charge in [-0.1, -0.05) is 35.4 Å². The highest BCUT2D eigenvalue weighted by atomic mass is 35.5. The van der Waals surface area contributed by atoms with Crippen molar-refractivity contribution in [3.63, 3.8) is 0 Å². The molecule has 0 aliphatic heterocycles. The number of carboxylic acid groups (broad SMARTS) is 1. The minimum Gasteiger partial charge on any atom is -0.489 e. The molecular formula is C22H22ClFO3. The zero-order chi connectivity index (χ0) is 19.2. The first-order chi connectivity index (χ1) is 13.0. The van der Waals surface area contributed by atoms with Crippen molar-refractivity contribution in [2.24, 2.45) is 0 Å². The molecule has 2 aromatic rings. The predicted molar refractivity (Wildman–Crippen MR) is 104 cm³/mol. The number of halogens is 2. The van der Waals surface area contributed by atoms with Crippen LogP contribution in [0.5, 0.6) is 5.75 Å². The van der Waals surface area contributed by atoms with Crippen LogP contribution in [-0.2, 0) is 17.6 Å². The van der Waals surface area contributed by atoms with Crippen LogP contribution in [0.3, 0.4) is 0 Å². The van der Waals surface area contributed by atoms with Crippen LogP contribution in [0.2, 0.25) is 5.02 Å². The third-order valence-corrected chi connectivity index (χ3v) is 5.16. The Labute approximate surface area is 163 Å². The molecule has 3 rings (SSSR count). The van der Waals surface area contributed by atoms with Gasteiger partial charge in [-0.3, -0.25) is 4.79 Å². The monoisotopic (exact) mass is 388 g/mol. The maximum absolute atomic E-state index is 13.4. The summed E-state index contributed by atoms with van der Waals surface area (Å²) in [5.41, 5.74) is 4.38. The first-order valence-electron chi connectivity index (χ1n) is 9.08. The van der Waals surface area contributed by atoms with Crippen LogP contribution < -0.4 is 4.74 Å². The molecule has 1 aliphatic carbocycles. The fraction of sp³-hybridized carbons (Fsp3) is 0.318. The molecule has 0 fully saturated rings. The smallest absolute Gasteiger partial charge is 0.303 e.